The minimum Gasteiger partial charge on any atom is -0.404 e. The Bertz CT molecular complexity index is 375. The summed E-state index contributed by atoms with van der Waals surface area (Å²) in [5.74, 6) is 1.76. The maximum absolute atomic E-state index is 5.84. The molecule has 0 amide bonds. The molecule has 0 saturated carbocycles. The van der Waals surface area contributed by atoms with Crippen LogP contribution >= 0.6 is 0 Å². The molecule has 1 rings (SSSR count). The molecule has 108 valence electrons. The molecule has 0 aromatic heterocycles. The summed E-state index contributed by atoms with van der Waals surface area (Å²) < 4.78 is 0. The zero-order chi connectivity index (χ0) is 14.4. The predicted molar refractivity (Wildman–Crippen MR) is 84.5 cm³/mol. The third kappa shape index (κ3) is 3.97. The number of unbranched alkanes of at least 4 members (excludes halogenated alkanes) is 1. The number of hydrogen-bond acceptors (Lipinski definition) is 2. The zero-order valence-corrected chi connectivity index (χ0v) is 12.9. The van der Waals surface area contributed by atoms with Crippen LogP contribution in [0.5, 0.6) is 0 Å². The molecule has 1 aliphatic carbocycles. The Morgan fingerprint density at radius 1 is 1.37 bits per heavy atom. The Kier molecular flexibility index (Phi) is 6.36. The van der Waals surface area contributed by atoms with Crippen molar-refractivity contribution in [2.75, 3.05) is 6.54 Å². The molecular weight excluding hydrogens is 232 g/mol. The average molecular weight is 262 g/mol. The van der Waals surface area contributed by atoms with Crippen molar-refractivity contribution in [2.45, 2.75) is 47.0 Å². The minimum absolute atomic E-state index is 0.515. The van der Waals surface area contributed by atoms with Crippen molar-refractivity contribution in [1.82, 2.24) is 0 Å². The minimum atomic E-state index is 0.515. The van der Waals surface area contributed by atoms with E-state index in [2.05, 4.69) is 39.8 Å². The third-order valence-corrected chi connectivity index (χ3v) is 4.09. The Morgan fingerprint density at radius 2 is 2.05 bits per heavy atom. The third-order valence-electron chi connectivity index (χ3n) is 4.09. The SMILES string of the molecule is CCCCC1C=C(/C(=C/N)CN)C(C(C)C)=CC1C. The lowest BCUT2D eigenvalue weighted by Crippen LogP contribution is -2.20. The van der Waals surface area contributed by atoms with Gasteiger partial charge >= 0.3 is 0 Å². The van der Waals surface area contributed by atoms with Crippen molar-refractivity contribution in [3.63, 3.8) is 0 Å². The van der Waals surface area contributed by atoms with Gasteiger partial charge in [0.1, 0.15) is 0 Å². The first kappa shape index (κ1) is 16.0. The zero-order valence-electron chi connectivity index (χ0n) is 12.9. The lowest BCUT2D eigenvalue weighted by Gasteiger charge is -2.30. The molecule has 2 unspecified atom stereocenters. The molecule has 2 nitrogen and oxygen atoms in total. The van der Waals surface area contributed by atoms with Gasteiger partial charge in [0.05, 0.1) is 0 Å². The molecule has 0 aliphatic heterocycles. The van der Waals surface area contributed by atoms with Crippen LogP contribution in [0.15, 0.2) is 35.1 Å². The van der Waals surface area contributed by atoms with Gasteiger partial charge in [-0.1, -0.05) is 52.7 Å². The van der Waals surface area contributed by atoms with Gasteiger partial charge in [-0.15, -0.1) is 0 Å². The highest BCUT2D eigenvalue weighted by Gasteiger charge is 2.24. The fourth-order valence-electron chi connectivity index (χ4n) is 2.81. The molecule has 4 N–H and O–H groups in total. The lowest BCUT2D eigenvalue weighted by atomic mass is 9.76. The van der Waals surface area contributed by atoms with Crippen LogP contribution in [-0.2, 0) is 0 Å². The van der Waals surface area contributed by atoms with Gasteiger partial charge in [0, 0.05) is 6.54 Å². The van der Waals surface area contributed by atoms with Gasteiger partial charge in [0.25, 0.3) is 0 Å². The van der Waals surface area contributed by atoms with Crippen LogP contribution in [0, 0.1) is 17.8 Å². The van der Waals surface area contributed by atoms with Crippen molar-refractivity contribution in [3.8, 4) is 0 Å². The van der Waals surface area contributed by atoms with E-state index in [9.17, 15) is 0 Å². The maximum atomic E-state index is 5.84. The molecule has 0 saturated heterocycles. The van der Waals surface area contributed by atoms with Gasteiger partial charge in [-0.25, -0.2) is 0 Å². The Labute approximate surface area is 118 Å². The highest BCUT2D eigenvalue weighted by Crippen LogP contribution is 2.36. The lowest BCUT2D eigenvalue weighted by molar-refractivity contribution is 0.445. The van der Waals surface area contributed by atoms with Gasteiger partial charge in [0.2, 0.25) is 0 Å². The van der Waals surface area contributed by atoms with Crippen LogP contribution in [0.3, 0.4) is 0 Å². The monoisotopic (exact) mass is 262 g/mol. The molecule has 0 radical (unpaired) electrons. The first-order chi connectivity index (χ1) is 9.04. The molecule has 2 atom stereocenters. The maximum Gasteiger partial charge on any atom is 0.0198 e. The molecule has 19 heavy (non-hydrogen) atoms. The summed E-state index contributed by atoms with van der Waals surface area (Å²) in [5, 5.41) is 0. The second-order valence-electron chi connectivity index (χ2n) is 5.92. The standard InChI is InChI=1S/C17H30N2/c1-5-6-7-14-9-17(15(10-18)11-19)16(12(2)3)8-13(14)4/h8-10,12-14H,5-7,11,18-19H2,1-4H3/b15-10+. The number of rotatable bonds is 6. The second-order valence-corrected chi connectivity index (χ2v) is 5.92. The smallest absolute Gasteiger partial charge is 0.0198 e. The first-order valence-electron chi connectivity index (χ1n) is 7.60. The molecular formula is C17H30N2. The highest BCUT2D eigenvalue weighted by molar-refractivity contribution is 5.50. The Morgan fingerprint density at radius 3 is 2.53 bits per heavy atom. The van der Waals surface area contributed by atoms with Crippen molar-refractivity contribution in [2.24, 2.45) is 29.2 Å². The molecule has 1 aliphatic rings. The van der Waals surface area contributed by atoms with Crippen molar-refractivity contribution in [3.05, 3.63) is 35.1 Å². The van der Waals surface area contributed by atoms with Gasteiger partial charge in [0.15, 0.2) is 0 Å². The topological polar surface area (TPSA) is 52.0 Å². The summed E-state index contributed by atoms with van der Waals surface area (Å²) in [7, 11) is 0. The number of allylic oxidation sites excluding steroid dienone is 3. The second kappa shape index (κ2) is 7.54. The van der Waals surface area contributed by atoms with E-state index < -0.39 is 0 Å². The highest BCUT2D eigenvalue weighted by atomic mass is 14.6. The van der Waals surface area contributed by atoms with E-state index in [-0.39, 0.29) is 0 Å². The van der Waals surface area contributed by atoms with E-state index in [1.54, 1.807) is 6.20 Å². The largest absolute Gasteiger partial charge is 0.404 e. The van der Waals surface area contributed by atoms with Gasteiger partial charge in [-0.05, 0) is 47.1 Å². The van der Waals surface area contributed by atoms with E-state index in [0.29, 0.717) is 24.3 Å². The van der Waals surface area contributed by atoms with Crippen LogP contribution in [0.2, 0.25) is 0 Å². The summed E-state index contributed by atoms with van der Waals surface area (Å²) in [6, 6.07) is 0. The summed E-state index contributed by atoms with van der Waals surface area (Å²) in [4.78, 5) is 0. The van der Waals surface area contributed by atoms with Crippen molar-refractivity contribution in [1.29, 1.82) is 0 Å². The van der Waals surface area contributed by atoms with E-state index in [0.717, 1.165) is 5.57 Å². The van der Waals surface area contributed by atoms with Crippen LogP contribution < -0.4 is 11.5 Å². The normalized spacial score (nSPS) is 24.4. The van der Waals surface area contributed by atoms with Gasteiger partial charge < -0.3 is 11.5 Å². The summed E-state index contributed by atoms with van der Waals surface area (Å²) >= 11 is 0. The molecule has 0 spiro atoms. The summed E-state index contributed by atoms with van der Waals surface area (Å²) in [6.45, 7) is 9.57. The van der Waals surface area contributed by atoms with E-state index in [1.165, 1.54) is 30.4 Å². The fraction of sp³-hybridized carbons (Fsp3) is 0.647. The Hall–Kier alpha value is -1.02. The summed E-state index contributed by atoms with van der Waals surface area (Å²) in [6.07, 6.45) is 10.3. The molecule has 0 bridgehead atoms. The molecule has 0 aromatic rings. The first-order valence-corrected chi connectivity index (χ1v) is 7.60. The van der Waals surface area contributed by atoms with Crippen molar-refractivity contribution >= 4 is 0 Å². The summed E-state index contributed by atoms with van der Waals surface area (Å²) in [5.41, 5.74) is 15.4. The van der Waals surface area contributed by atoms with Crippen LogP contribution in [0.1, 0.15) is 47.0 Å². The number of hydrogen-bond donors (Lipinski definition) is 2. The average Bonchev–Trinajstić information content (AvgIpc) is 2.39. The molecule has 0 aromatic carbocycles. The predicted octanol–water partition coefficient (Wildman–Crippen LogP) is 3.75. The molecule has 0 fully saturated rings. The number of nitrogens with two attached hydrogens (primary N) is 2. The van der Waals surface area contributed by atoms with E-state index in [1.807, 2.05) is 0 Å². The quantitative estimate of drug-likeness (QED) is 0.766. The van der Waals surface area contributed by atoms with Gasteiger partial charge in [-0.2, -0.15) is 0 Å². The van der Waals surface area contributed by atoms with Crippen LogP contribution in [0.25, 0.3) is 0 Å². The van der Waals surface area contributed by atoms with Crippen LogP contribution in [0.4, 0.5) is 0 Å². The molecule has 2 heteroatoms. The van der Waals surface area contributed by atoms with E-state index in [4.69, 9.17) is 11.5 Å². The Balaban J connectivity index is 3.06. The molecule has 0 heterocycles. The van der Waals surface area contributed by atoms with E-state index >= 15 is 0 Å². The van der Waals surface area contributed by atoms with Gasteiger partial charge in [-0.3, -0.25) is 0 Å². The van der Waals surface area contributed by atoms with Crippen LogP contribution in [-0.4, -0.2) is 6.54 Å². The fourth-order valence-corrected chi connectivity index (χ4v) is 2.81. The van der Waals surface area contributed by atoms with Crippen molar-refractivity contribution < 1.29 is 0 Å².